The average molecular weight is 450 g/mol. The van der Waals surface area contributed by atoms with E-state index in [2.05, 4.69) is 4.98 Å². The molecule has 0 spiro atoms. The smallest absolute Gasteiger partial charge is 0.227 e. The van der Waals surface area contributed by atoms with Crippen molar-refractivity contribution in [2.24, 2.45) is 0 Å². The molecule has 124 valence electrons. The van der Waals surface area contributed by atoms with E-state index in [9.17, 15) is 4.79 Å². The summed E-state index contributed by atoms with van der Waals surface area (Å²) in [5.74, 6) is 0.118. The number of aromatic amines is 1. The van der Waals surface area contributed by atoms with Crippen LogP contribution in [-0.4, -0.2) is 5.78 Å². The van der Waals surface area contributed by atoms with E-state index in [1.165, 1.54) is 0 Å². The summed E-state index contributed by atoms with van der Waals surface area (Å²) in [5, 5.41) is 0. The number of carbonyl (C=O) groups excluding carboxylic acids is 1. The Morgan fingerprint density at radius 1 is 0.875 bits per heavy atom. The minimum absolute atomic E-state index is 0. The molecule has 2 heterocycles. The van der Waals surface area contributed by atoms with Crippen molar-refractivity contribution in [2.45, 2.75) is 13.5 Å². The van der Waals surface area contributed by atoms with Crippen molar-refractivity contribution in [3.8, 4) is 11.1 Å². The summed E-state index contributed by atoms with van der Waals surface area (Å²) < 4.78 is 1.90. The van der Waals surface area contributed by atoms with Gasteiger partial charge in [0, 0.05) is 29.8 Å². The molecule has 2 aromatic heterocycles. The van der Waals surface area contributed by atoms with Crippen molar-refractivity contribution in [1.29, 1.82) is 0 Å². The van der Waals surface area contributed by atoms with Gasteiger partial charge >= 0.3 is 0 Å². The molecule has 0 atom stereocenters. The lowest BCUT2D eigenvalue weighted by Gasteiger charge is -2.01. The lowest BCUT2D eigenvalue weighted by Crippen LogP contribution is -3.00. The molecule has 5 heteroatoms. The van der Waals surface area contributed by atoms with E-state index < -0.39 is 0 Å². The normalized spacial score (nSPS) is 9.54. The first-order chi connectivity index (χ1) is 10.7. The quantitative estimate of drug-likeness (QED) is 0.303. The van der Waals surface area contributed by atoms with Crippen molar-refractivity contribution in [3.05, 3.63) is 84.4 Å². The van der Waals surface area contributed by atoms with Crippen molar-refractivity contribution >= 4 is 5.78 Å². The maximum atomic E-state index is 12.3. The van der Waals surface area contributed by atoms with E-state index in [1.807, 2.05) is 84.8 Å². The van der Waals surface area contributed by atoms with Gasteiger partial charge in [0.2, 0.25) is 12.3 Å². The number of hydrogen-bond donors (Lipinski definition) is 0. The summed E-state index contributed by atoms with van der Waals surface area (Å²) >= 11 is 0. The maximum Gasteiger partial charge on any atom is 0.227 e. The number of Topliss-reactive ketones (excluding diaryl/α,β-unsaturated/α-hetero) is 1. The van der Waals surface area contributed by atoms with Crippen LogP contribution in [0.4, 0.5) is 0 Å². The number of benzene rings is 1. The number of rotatable bonds is 4. The third-order valence-corrected chi connectivity index (χ3v) is 3.64. The second-order valence-electron chi connectivity index (χ2n) is 5.34. The molecule has 0 unspecified atom stereocenters. The van der Waals surface area contributed by atoms with Gasteiger partial charge in [-0.15, -0.1) is 0 Å². The molecule has 0 fully saturated rings. The summed E-state index contributed by atoms with van der Waals surface area (Å²) in [4.78, 5) is 15.3. The van der Waals surface area contributed by atoms with Gasteiger partial charge in [0.25, 0.3) is 0 Å². The highest BCUT2D eigenvalue weighted by atomic mass is 79.9. The molecular weight excluding hydrogens is 432 g/mol. The fraction of sp³-hybridized carbons (Fsp3) is 0.105. The Balaban J connectivity index is 0.00000144. The molecule has 3 rings (SSSR count). The van der Waals surface area contributed by atoms with Crippen LogP contribution in [0.25, 0.3) is 11.1 Å². The molecule has 0 aliphatic heterocycles. The van der Waals surface area contributed by atoms with Crippen molar-refractivity contribution < 1.29 is 48.3 Å². The first-order valence-electron chi connectivity index (χ1n) is 7.28. The van der Waals surface area contributed by atoms with Crippen LogP contribution in [0.2, 0.25) is 0 Å². The zero-order valence-corrected chi connectivity index (χ0v) is 16.4. The van der Waals surface area contributed by atoms with E-state index >= 15 is 0 Å². The Labute approximate surface area is 162 Å². The number of H-pyrrole nitrogens is 1. The van der Waals surface area contributed by atoms with Crippen LogP contribution in [0.1, 0.15) is 15.9 Å². The molecule has 0 saturated carbocycles. The van der Waals surface area contributed by atoms with Gasteiger partial charge in [-0.3, -0.25) is 4.79 Å². The summed E-state index contributed by atoms with van der Waals surface area (Å²) in [6.07, 6.45) is 7.69. The SMILES string of the molecule is Cc1ccc(C(=O)C[n+]2ccc(-c3cc[nH+]cc3)cc2)cc1.[Br-].[Br-]. The van der Waals surface area contributed by atoms with Gasteiger partial charge in [-0.05, 0) is 18.1 Å². The van der Waals surface area contributed by atoms with Gasteiger partial charge in [-0.1, -0.05) is 29.8 Å². The van der Waals surface area contributed by atoms with Gasteiger partial charge in [0.05, 0.1) is 0 Å². The fourth-order valence-corrected chi connectivity index (χ4v) is 2.33. The standard InChI is InChI=1S/C19H17N2O.2BrH/c1-15-2-4-18(5-3-15)19(22)14-21-12-8-17(9-13-21)16-6-10-20-11-7-16;;/h2-13H,14H2,1H3;2*1H/q+1;;/p-1. The number of pyridine rings is 2. The summed E-state index contributed by atoms with van der Waals surface area (Å²) in [7, 11) is 0. The molecule has 3 aromatic rings. The van der Waals surface area contributed by atoms with E-state index in [1.54, 1.807) is 0 Å². The van der Waals surface area contributed by atoms with Gasteiger partial charge < -0.3 is 34.0 Å². The number of aryl methyl sites for hydroxylation is 1. The number of halogens is 2. The lowest BCUT2D eigenvalue weighted by atomic mass is 10.1. The predicted octanol–water partition coefficient (Wildman–Crippen LogP) is -3.35. The van der Waals surface area contributed by atoms with Crippen LogP contribution in [-0.2, 0) is 6.54 Å². The second kappa shape index (κ2) is 9.45. The van der Waals surface area contributed by atoms with Crippen LogP contribution in [0.3, 0.4) is 0 Å². The average Bonchev–Trinajstić information content (AvgIpc) is 2.57. The summed E-state index contributed by atoms with van der Waals surface area (Å²) in [5.41, 5.74) is 4.19. The minimum Gasteiger partial charge on any atom is -1.00 e. The summed E-state index contributed by atoms with van der Waals surface area (Å²) in [6.45, 7) is 2.37. The molecular formula is C19H18Br2N2O. The van der Waals surface area contributed by atoms with Crippen LogP contribution in [0, 0.1) is 6.92 Å². The number of nitrogens with zero attached hydrogens (tertiary/aromatic N) is 1. The number of hydrogen-bond acceptors (Lipinski definition) is 1. The zero-order valence-electron chi connectivity index (χ0n) is 13.2. The van der Waals surface area contributed by atoms with Gasteiger partial charge in [-0.25, -0.2) is 4.98 Å². The molecule has 1 N–H and O–H groups in total. The molecule has 0 bridgehead atoms. The Kier molecular flexibility index (Phi) is 7.95. The van der Waals surface area contributed by atoms with Crippen LogP contribution in [0.15, 0.2) is 73.3 Å². The number of nitrogens with one attached hydrogen (secondary N) is 1. The van der Waals surface area contributed by atoms with E-state index in [0.29, 0.717) is 6.54 Å². The molecule has 0 aliphatic carbocycles. The molecule has 1 aromatic carbocycles. The lowest BCUT2D eigenvalue weighted by molar-refractivity contribution is -0.683. The Morgan fingerprint density at radius 2 is 1.42 bits per heavy atom. The molecule has 0 saturated heterocycles. The van der Waals surface area contributed by atoms with Crippen molar-refractivity contribution in [2.75, 3.05) is 0 Å². The van der Waals surface area contributed by atoms with Crippen LogP contribution < -0.4 is 43.5 Å². The highest BCUT2D eigenvalue weighted by Gasteiger charge is 2.12. The van der Waals surface area contributed by atoms with Gasteiger partial charge in [0.15, 0.2) is 24.8 Å². The highest BCUT2D eigenvalue weighted by molar-refractivity contribution is 5.95. The van der Waals surface area contributed by atoms with E-state index in [-0.39, 0.29) is 39.7 Å². The molecule has 24 heavy (non-hydrogen) atoms. The van der Waals surface area contributed by atoms with E-state index in [0.717, 1.165) is 22.3 Å². The van der Waals surface area contributed by atoms with E-state index in [4.69, 9.17) is 0 Å². The predicted molar refractivity (Wildman–Crippen MR) is 84.1 cm³/mol. The largest absolute Gasteiger partial charge is 1.00 e. The zero-order chi connectivity index (χ0) is 15.4. The fourth-order valence-electron chi connectivity index (χ4n) is 2.33. The molecule has 0 amide bonds. The maximum absolute atomic E-state index is 12.3. The number of carbonyl (C=O) groups is 1. The Morgan fingerprint density at radius 3 is 2.00 bits per heavy atom. The molecule has 0 radical (unpaired) electrons. The third kappa shape index (κ3) is 5.08. The monoisotopic (exact) mass is 448 g/mol. The first-order valence-corrected chi connectivity index (χ1v) is 7.28. The van der Waals surface area contributed by atoms with Crippen LogP contribution >= 0.6 is 0 Å². The molecule has 0 aliphatic rings. The summed E-state index contributed by atoms with van der Waals surface area (Å²) in [6, 6.07) is 15.8. The minimum atomic E-state index is 0. The first kappa shape index (κ1) is 20.2. The number of aromatic nitrogens is 2. The van der Waals surface area contributed by atoms with Crippen LogP contribution in [0.5, 0.6) is 0 Å². The topological polar surface area (TPSA) is 35.1 Å². The highest BCUT2D eigenvalue weighted by Crippen LogP contribution is 2.15. The third-order valence-electron chi connectivity index (χ3n) is 3.64. The Hall–Kier alpha value is -1.85. The number of ketones is 1. The Bertz CT molecular complexity index is 773. The van der Waals surface area contributed by atoms with Gasteiger partial charge in [-0.2, -0.15) is 4.57 Å². The molecule has 3 nitrogen and oxygen atoms in total. The van der Waals surface area contributed by atoms with Crippen molar-refractivity contribution in [3.63, 3.8) is 0 Å². The second-order valence-corrected chi connectivity index (χ2v) is 5.34. The van der Waals surface area contributed by atoms with Gasteiger partial charge in [0.1, 0.15) is 0 Å². The van der Waals surface area contributed by atoms with Crippen molar-refractivity contribution in [1.82, 2.24) is 0 Å².